The number of aromatic nitrogens is 1. The molecule has 0 unspecified atom stereocenters. The van der Waals surface area contributed by atoms with Crippen LogP contribution in [0.2, 0.25) is 0 Å². The Morgan fingerprint density at radius 3 is 2.52 bits per heavy atom. The van der Waals surface area contributed by atoms with Gasteiger partial charge in [0.1, 0.15) is 0 Å². The second-order valence-electron chi connectivity index (χ2n) is 6.81. The Morgan fingerprint density at radius 2 is 1.83 bits per heavy atom. The lowest BCUT2D eigenvalue weighted by molar-refractivity contribution is 0.102. The van der Waals surface area contributed by atoms with Crippen LogP contribution in [-0.2, 0) is 10.0 Å². The first kappa shape index (κ1) is 20.3. The Kier molecular flexibility index (Phi) is 5.91. The number of nitrogens with one attached hydrogen (secondary N) is 1. The number of hydrogen-bond donors (Lipinski definition) is 1. The first-order valence-electron chi connectivity index (χ1n) is 9.33. The maximum Gasteiger partial charge on any atom is 0.255 e. The quantitative estimate of drug-likeness (QED) is 0.585. The van der Waals surface area contributed by atoms with Crippen molar-refractivity contribution in [1.29, 1.82) is 0 Å². The summed E-state index contributed by atoms with van der Waals surface area (Å²) in [6.07, 6.45) is 4.83. The number of sulfonamides is 1. The van der Waals surface area contributed by atoms with Gasteiger partial charge in [-0.25, -0.2) is 13.4 Å². The molecule has 0 bridgehead atoms. The summed E-state index contributed by atoms with van der Waals surface area (Å²) in [6.45, 7) is 1.12. The van der Waals surface area contributed by atoms with Crippen LogP contribution in [-0.4, -0.2) is 43.0 Å². The third kappa shape index (κ3) is 4.32. The van der Waals surface area contributed by atoms with Gasteiger partial charge in [0.05, 0.1) is 15.1 Å². The number of hydrogen-bond acceptors (Lipinski definition) is 6. The molecule has 1 N–H and O–H groups in total. The van der Waals surface area contributed by atoms with Crippen molar-refractivity contribution in [2.24, 2.45) is 0 Å². The van der Waals surface area contributed by atoms with Crippen LogP contribution in [0, 0.1) is 0 Å². The molecule has 0 spiro atoms. The van der Waals surface area contributed by atoms with E-state index in [9.17, 15) is 13.2 Å². The molecule has 6 nitrogen and oxygen atoms in total. The highest BCUT2D eigenvalue weighted by Crippen LogP contribution is 2.30. The molecular formula is C20H21N3O3S3. The lowest BCUT2D eigenvalue weighted by Gasteiger charge is -2.25. The van der Waals surface area contributed by atoms with Crippen molar-refractivity contribution in [3.8, 4) is 0 Å². The zero-order chi connectivity index (χ0) is 20.4. The third-order valence-electron chi connectivity index (χ3n) is 4.87. The van der Waals surface area contributed by atoms with E-state index < -0.39 is 10.0 Å². The van der Waals surface area contributed by atoms with Gasteiger partial charge < -0.3 is 5.32 Å². The van der Waals surface area contributed by atoms with Gasteiger partial charge in [-0.15, -0.1) is 11.3 Å². The van der Waals surface area contributed by atoms with E-state index in [-0.39, 0.29) is 10.8 Å². The minimum absolute atomic E-state index is 0.228. The lowest BCUT2D eigenvalue weighted by atomic mass is 10.2. The van der Waals surface area contributed by atoms with E-state index >= 15 is 0 Å². The zero-order valence-corrected chi connectivity index (χ0v) is 18.4. The fourth-order valence-corrected chi connectivity index (χ4v) is 6.35. The minimum Gasteiger partial charge on any atom is -0.322 e. The Labute approximate surface area is 178 Å². The number of benzene rings is 2. The van der Waals surface area contributed by atoms with Crippen LogP contribution in [0.1, 0.15) is 29.6 Å². The molecule has 1 aliphatic rings. The van der Waals surface area contributed by atoms with E-state index in [1.54, 1.807) is 35.2 Å². The first-order valence-corrected chi connectivity index (χ1v) is 12.8. The molecule has 2 aromatic carbocycles. The molecule has 0 saturated carbocycles. The van der Waals surface area contributed by atoms with Crippen molar-refractivity contribution >= 4 is 54.9 Å². The molecule has 9 heteroatoms. The van der Waals surface area contributed by atoms with Gasteiger partial charge in [0.2, 0.25) is 10.0 Å². The van der Waals surface area contributed by atoms with Crippen LogP contribution in [0.4, 0.5) is 5.69 Å². The topological polar surface area (TPSA) is 79.4 Å². The molecule has 0 radical (unpaired) electrons. The third-order valence-corrected chi connectivity index (χ3v) is 8.79. The van der Waals surface area contributed by atoms with Crippen molar-refractivity contribution in [3.63, 3.8) is 0 Å². The molecule has 1 aliphatic heterocycles. The summed E-state index contributed by atoms with van der Waals surface area (Å²) in [5.74, 6) is -0.277. The Morgan fingerprint density at radius 1 is 1.10 bits per heavy atom. The standard InChI is InChI=1S/C20H21N3O3S3/c1-27-20-22-17-10-7-15(13-18(17)28-20)21-19(24)14-5-8-16(9-6-14)29(25,26)23-11-3-2-4-12-23/h5-10,13H,2-4,11-12H2,1H3,(H,21,24). The van der Waals surface area contributed by atoms with E-state index in [4.69, 9.17) is 0 Å². The number of thiazole rings is 1. The van der Waals surface area contributed by atoms with Gasteiger partial charge in [-0.2, -0.15) is 4.31 Å². The molecule has 3 aromatic rings. The van der Waals surface area contributed by atoms with Crippen LogP contribution in [0.3, 0.4) is 0 Å². The molecule has 1 fully saturated rings. The van der Waals surface area contributed by atoms with Gasteiger partial charge in [0.15, 0.2) is 4.34 Å². The summed E-state index contributed by atoms with van der Waals surface area (Å²) >= 11 is 3.17. The molecule has 29 heavy (non-hydrogen) atoms. The summed E-state index contributed by atoms with van der Waals surface area (Å²) in [5, 5.41) is 2.87. The van der Waals surface area contributed by atoms with Crippen molar-refractivity contribution < 1.29 is 13.2 Å². The zero-order valence-electron chi connectivity index (χ0n) is 15.9. The van der Waals surface area contributed by atoms with Gasteiger partial charge in [-0.1, -0.05) is 18.2 Å². The monoisotopic (exact) mass is 447 g/mol. The minimum atomic E-state index is -3.49. The number of amides is 1. The highest BCUT2D eigenvalue weighted by Gasteiger charge is 2.25. The van der Waals surface area contributed by atoms with Crippen molar-refractivity contribution in [1.82, 2.24) is 9.29 Å². The second-order valence-corrected chi connectivity index (χ2v) is 10.8. The maximum absolute atomic E-state index is 12.7. The highest BCUT2D eigenvalue weighted by molar-refractivity contribution is 8.00. The van der Waals surface area contributed by atoms with Crippen molar-refractivity contribution in [2.45, 2.75) is 28.5 Å². The summed E-state index contributed by atoms with van der Waals surface area (Å²) in [4.78, 5) is 17.3. The summed E-state index contributed by atoms with van der Waals surface area (Å²) < 4.78 is 29.0. The Hall–Kier alpha value is -1.94. The molecule has 0 atom stereocenters. The molecule has 1 saturated heterocycles. The number of rotatable bonds is 5. The maximum atomic E-state index is 12.7. The van der Waals surface area contributed by atoms with Gasteiger partial charge in [0, 0.05) is 24.3 Å². The van der Waals surface area contributed by atoms with Crippen LogP contribution < -0.4 is 5.32 Å². The molecule has 152 valence electrons. The van der Waals surface area contributed by atoms with Crippen LogP contribution in [0.15, 0.2) is 51.7 Å². The molecule has 1 aromatic heterocycles. The molecule has 0 aliphatic carbocycles. The van der Waals surface area contributed by atoms with Gasteiger partial charge in [0.25, 0.3) is 5.91 Å². The smallest absolute Gasteiger partial charge is 0.255 e. The second kappa shape index (κ2) is 8.43. The average molecular weight is 448 g/mol. The van der Waals surface area contributed by atoms with E-state index in [1.807, 2.05) is 24.5 Å². The Balaban J connectivity index is 1.49. The van der Waals surface area contributed by atoms with Crippen LogP contribution in [0.5, 0.6) is 0 Å². The fraction of sp³-hybridized carbons (Fsp3) is 0.300. The Bertz CT molecular complexity index is 1130. The normalized spacial score (nSPS) is 15.5. The summed E-state index contributed by atoms with van der Waals surface area (Å²) in [5.41, 5.74) is 2.00. The predicted octanol–water partition coefficient (Wildman–Crippen LogP) is 4.45. The number of fused-ring (bicyclic) bond motifs is 1. The molecule has 1 amide bonds. The number of piperidine rings is 1. The number of anilines is 1. The largest absolute Gasteiger partial charge is 0.322 e. The predicted molar refractivity (Wildman–Crippen MR) is 118 cm³/mol. The SMILES string of the molecule is CSc1nc2ccc(NC(=O)c3ccc(S(=O)(=O)N4CCCCC4)cc3)cc2s1. The van der Waals surface area contributed by atoms with Gasteiger partial charge in [-0.05, 0) is 61.6 Å². The average Bonchev–Trinajstić information content (AvgIpc) is 3.17. The van der Waals surface area contributed by atoms with Crippen molar-refractivity contribution in [3.05, 3.63) is 48.0 Å². The van der Waals surface area contributed by atoms with Gasteiger partial charge >= 0.3 is 0 Å². The van der Waals surface area contributed by atoms with E-state index in [2.05, 4.69) is 10.3 Å². The molecule has 2 heterocycles. The molecule has 4 rings (SSSR count). The van der Waals surface area contributed by atoms with E-state index in [1.165, 1.54) is 16.4 Å². The highest BCUT2D eigenvalue weighted by atomic mass is 32.2. The summed E-state index contributed by atoms with van der Waals surface area (Å²) in [6, 6.07) is 11.7. The number of carbonyl (C=O) groups is 1. The molecular weight excluding hydrogens is 426 g/mol. The van der Waals surface area contributed by atoms with Crippen LogP contribution >= 0.6 is 23.1 Å². The van der Waals surface area contributed by atoms with Crippen LogP contribution in [0.25, 0.3) is 10.2 Å². The summed E-state index contributed by atoms with van der Waals surface area (Å²) in [7, 11) is -3.49. The fourth-order valence-electron chi connectivity index (χ4n) is 3.30. The number of thioether (sulfide) groups is 1. The first-order chi connectivity index (χ1) is 14.0. The van der Waals surface area contributed by atoms with E-state index in [0.717, 1.165) is 33.8 Å². The van der Waals surface area contributed by atoms with E-state index in [0.29, 0.717) is 24.3 Å². The number of carbonyl (C=O) groups excluding carboxylic acids is 1. The van der Waals surface area contributed by atoms with Gasteiger partial charge in [-0.3, -0.25) is 4.79 Å². The number of nitrogens with zero attached hydrogens (tertiary/aromatic N) is 2. The van der Waals surface area contributed by atoms with Crippen molar-refractivity contribution in [2.75, 3.05) is 24.7 Å². The lowest BCUT2D eigenvalue weighted by Crippen LogP contribution is -2.35.